The molecule has 15 heavy (non-hydrogen) atoms. The minimum Gasteiger partial charge on any atom is -0.481 e. The first-order chi connectivity index (χ1) is 7.18. The van der Waals surface area contributed by atoms with Crippen LogP contribution in [0.15, 0.2) is 0 Å². The Hall–Kier alpha value is -0.570. The van der Waals surface area contributed by atoms with E-state index in [1.54, 1.807) is 0 Å². The van der Waals surface area contributed by atoms with Gasteiger partial charge in [-0.2, -0.15) is 0 Å². The Labute approximate surface area is 94.3 Å². The van der Waals surface area contributed by atoms with Crippen LogP contribution in [0.1, 0.15) is 59.3 Å². The lowest BCUT2D eigenvalue weighted by molar-refractivity contribution is -0.137. The minimum absolute atomic E-state index is 0.327. The van der Waals surface area contributed by atoms with Gasteiger partial charge >= 0.3 is 5.97 Å². The number of carboxylic acids is 1. The molecule has 0 bridgehead atoms. The highest BCUT2D eigenvalue weighted by molar-refractivity contribution is 5.66. The third-order valence-corrected chi connectivity index (χ3v) is 1.85. The van der Waals surface area contributed by atoms with Gasteiger partial charge in [0.05, 0.1) is 0 Å². The lowest BCUT2D eigenvalue weighted by atomic mass is 10.2. The van der Waals surface area contributed by atoms with Gasteiger partial charge in [-0.25, -0.2) is 0 Å². The fourth-order valence-corrected chi connectivity index (χ4v) is 1.00. The summed E-state index contributed by atoms with van der Waals surface area (Å²) < 4.78 is 0. The van der Waals surface area contributed by atoms with Crippen LogP contribution >= 0.6 is 0 Å². The molecule has 0 amide bonds. The van der Waals surface area contributed by atoms with Gasteiger partial charge in [-0.15, -0.1) is 0 Å². The molecular formula is C12H27NO2. The largest absolute Gasteiger partial charge is 0.481 e. The number of rotatable bonds is 8. The molecular weight excluding hydrogens is 190 g/mol. The molecule has 0 aliphatic carbocycles. The van der Waals surface area contributed by atoms with Crippen LogP contribution in [0.4, 0.5) is 0 Å². The van der Waals surface area contributed by atoms with Crippen molar-refractivity contribution in [2.45, 2.75) is 59.3 Å². The fraction of sp³-hybridized carbons (Fsp3) is 0.917. The Morgan fingerprint density at radius 3 is 1.87 bits per heavy atom. The van der Waals surface area contributed by atoms with E-state index in [1.807, 2.05) is 0 Å². The molecule has 0 radical (unpaired) electrons. The van der Waals surface area contributed by atoms with E-state index in [-0.39, 0.29) is 0 Å². The molecule has 0 saturated heterocycles. The maximum atomic E-state index is 9.87. The Morgan fingerprint density at radius 1 is 1.00 bits per heavy atom. The van der Waals surface area contributed by atoms with Crippen LogP contribution in [0.2, 0.25) is 0 Å². The summed E-state index contributed by atoms with van der Waals surface area (Å²) >= 11 is 0. The number of hydrogen-bond acceptors (Lipinski definition) is 2. The molecule has 0 aliphatic heterocycles. The maximum Gasteiger partial charge on any atom is 0.303 e. The highest BCUT2D eigenvalue weighted by atomic mass is 16.4. The predicted molar refractivity (Wildman–Crippen MR) is 65.2 cm³/mol. The van der Waals surface area contributed by atoms with Crippen molar-refractivity contribution in [3.8, 4) is 0 Å². The standard InChI is InChI=1S/C6H15N.C6H12O2/c1-3-5-7-6-4-2;1-2-3-4-5-6(7)8/h7H,3-6H2,1-2H3;2-5H2,1H3,(H,7,8). The third-order valence-electron chi connectivity index (χ3n) is 1.85. The summed E-state index contributed by atoms with van der Waals surface area (Å²) in [5.74, 6) is -0.682. The van der Waals surface area contributed by atoms with Gasteiger partial charge in [-0.1, -0.05) is 33.6 Å². The van der Waals surface area contributed by atoms with E-state index in [0.29, 0.717) is 6.42 Å². The van der Waals surface area contributed by atoms with Crippen molar-refractivity contribution in [3.63, 3.8) is 0 Å². The van der Waals surface area contributed by atoms with Crippen molar-refractivity contribution in [1.82, 2.24) is 5.32 Å². The molecule has 0 fully saturated rings. The summed E-state index contributed by atoms with van der Waals surface area (Å²) in [5, 5.41) is 11.4. The molecule has 0 saturated carbocycles. The highest BCUT2D eigenvalue weighted by Gasteiger charge is 1.92. The zero-order valence-electron chi connectivity index (χ0n) is 10.5. The van der Waals surface area contributed by atoms with E-state index in [4.69, 9.17) is 5.11 Å². The second kappa shape index (κ2) is 15.9. The van der Waals surface area contributed by atoms with E-state index >= 15 is 0 Å². The summed E-state index contributed by atoms with van der Waals surface area (Å²) in [7, 11) is 0. The van der Waals surface area contributed by atoms with Gasteiger partial charge in [0, 0.05) is 6.42 Å². The number of unbranched alkanes of at least 4 members (excludes halogenated alkanes) is 2. The van der Waals surface area contributed by atoms with Crippen LogP contribution in [-0.4, -0.2) is 24.2 Å². The zero-order valence-corrected chi connectivity index (χ0v) is 10.5. The average molecular weight is 217 g/mol. The Morgan fingerprint density at radius 2 is 1.53 bits per heavy atom. The molecule has 0 rings (SSSR count). The van der Waals surface area contributed by atoms with Crippen LogP contribution in [0, 0.1) is 0 Å². The molecule has 0 spiro atoms. The van der Waals surface area contributed by atoms with Gasteiger partial charge in [0.2, 0.25) is 0 Å². The normalized spacial score (nSPS) is 9.27. The van der Waals surface area contributed by atoms with Crippen molar-refractivity contribution in [1.29, 1.82) is 0 Å². The molecule has 0 aromatic rings. The van der Waals surface area contributed by atoms with Gasteiger partial charge in [0.25, 0.3) is 0 Å². The fourth-order valence-electron chi connectivity index (χ4n) is 1.00. The molecule has 0 heterocycles. The molecule has 0 aromatic carbocycles. The predicted octanol–water partition coefficient (Wildman–Crippen LogP) is 3.05. The van der Waals surface area contributed by atoms with Gasteiger partial charge in [0.15, 0.2) is 0 Å². The number of carboxylic acid groups (broad SMARTS) is 1. The second-order valence-electron chi connectivity index (χ2n) is 3.60. The van der Waals surface area contributed by atoms with Crippen LogP contribution in [-0.2, 0) is 4.79 Å². The Bertz CT molecular complexity index is 123. The molecule has 2 N–H and O–H groups in total. The van der Waals surface area contributed by atoms with Gasteiger partial charge < -0.3 is 10.4 Å². The van der Waals surface area contributed by atoms with Crippen molar-refractivity contribution in [2.75, 3.05) is 13.1 Å². The average Bonchev–Trinajstić information content (AvgIpc) is 2.20. The molecule has 0 unspecified atom stereocenters. The quantitative estimate of drug-likeness (QED) is 0.614. The van der Waals surface area contributed by atoms with Crippen molar-refractivity contribution in [2.24, 2.45) is 0 Å². The number of nitrogens with one attached hydrogen (secondary N) is 1. The zero-order chi connectivity index (χ0) is 11.9. The van der Waals surface area contributed by atoms with E-state index in [1.165, 1.54) is 25.9 Å². The molecule has 3 heteroatoms. The van der Waals surface area contributed by atoms with E-state index in [2.05, 4.69) is 26.1 Å². The highest BCUT2D eigenvalue weighted by Crippen LogP contribution is 1.97. The topological polar surface area (TPSA) is 49.3 Å². The van der Waals surface area contributed by atoms with E-state index in [9.17, 15) is 4.79 Å². The van der Waals surface area contributed by atoms with Gasteiger partial charge in [0.1, 0.15) is 0 Å². The van der Waals surface area contributed by atoms with E-state index < -0.39 is 5.97 Å². The summed E-state index contributed by atoms with van der Waals surface area (Å²) in [6, 6.07) is 0. The number of aliphatic carboxylic acids is 1. The monoisotopic (exact) mass is 217 g/mol. The second-order valence-corrected chi connectivity index (χ2v) is 3.60. The van der Waals surface area contributed by atoms with Crippen LogP contribution in [0.5, 0.6) is 0 Å². The molecule has 0 aliphatic rings. The number of hydrogen-bond donors (Lipinski definition) is 2. The van der Waals surface area contributed by atoms with Gasteiger partial charge in [-0.3, -0.25) is 4.79 Å². The molecule has 3 nitrogen and oxygen atoms in total. The Balaban J connectivity index is 0. The minimum atomic E-state index is -0.682. The molecule has 0 atom stereocenters. The molecule has 0 aromatic heterocycles. The molecule has 92 valence electrons. The summed E-state index contributed by atoms with van der Waals surface area (Å²) in [6.45, 7) is 8.77. The summed E-state index contributed by atoms with van der Waals surface area (Å²) in [6.07, 6.45) is 5.78. The Kier molecular flexibility index (Phi) is 17.8. The van der Waals surface area contributed by atoms with Crippen LogP contribution < -0.4 is 5.32 Å². The summed E-state index contributed by atoms with van der Waals surface area (Å²) in [4.78, 5) is 9.87. The first kappa shape index (κ1) is 16.8. The number of carbonyl (C=O) groups is 1. The van der Waals surface area contributed by atoms with Crippen molar-refractivity contribution >= 4 is 5.97 Å². The maximum absolute atomic E-state index is 9.87. The lowest BCUT2D eigenvalue weighted by Gasteiger charge is -1.95. The first-order valence-electron chi connectivity index (χ1n) is 6.11. The first-order valence-corrected chi connectivity index (χ1v) is 6.11. The van der Waals surface area contributed by atoms with Crippen LogP contribution in [0.25, 0.3) is 0 Å². The van der Waals surface area contributed by atoms with E-state index in [0.717, 1.165) is 19.3 Å². The van der Waals surface area contributed by atoms with Crippen LogP contribution in [0.3, 0.4) is 0 Å². The lowest BCUT2D eigenvalue weighted by Crippen LogP contribution is -2.14. The van der Waals surface area contributed by atoms with Crippen molar-refractivity contribution in [3.05, 3.63) is 0 Å². The smallest absolute Gasteiger partial charge is 0.303 e. The SMILES string of the molecule is CCCCCC(=O)O.CCCNCCC. The third kappa shape index (κ3) is 24.7. The van der Waals surface area contributed by atoms with Crippen molar-refractivity contribution < 1.29 is 9.90 Å². The van der Waals surface area contributed by atoms with Gasteiger partial charge in [-0.05, 0) is 32.4 Å². The summed E-state index contributed by atoms with van der Waals surface area (Å²) in [5.41, 5.74) is 0.